The van der Waals surface area contributed by atoms with Crippen LogP contribution in [0.4, 0.5) is 0 Å². The van der Waals surface area contributed by atoms with E-state index in [1.165, 1.54) is 12.8 Å². The minimum Gasteiger partial charge on any atom is -0.323 e. The molecule has 3 heteroatoms. The highest BCUT2D eigenvalue weighted by molar-refractivity contribution is 7.71. The summed E-state index contributed by atoms with van der Waals surface area (Å²) in [5, 5.41) is 1.51. The predicted molar refractivity (Wildman–Crippen MR) is 83.2 cm³/mol. The van der Waals surface area contributed by atoms with Crippen LogP contribution in [-0.2, 0) is 9.09 Å². The van der Waals surface area contributed by atoms with Crippen molar-refractivity contribution >= 4 is 12.7 Å². The van der Waals surface area contributed by atoms with E-state index in [-0.39, 0.29) is 0 Å². The summed E-state index contributed by atoms with van der Waals surface area (Å²) in [7, 11) is -2.91. The molecule has 1 atom stereocenters. The van der Waals surface area contributed by atoms with Crippen LogP contribution >= 0.6 is 7.37 Å². The average Bonchev–Trinajstić information content (AvgIpc) is 2.44. The van der Waals surface area contributed by atoms with Gasteiger partial charge in [-0.2, -0.15) is 0 Å². The third-order valence-electron chi connectivity index (χ3n) is 3.14. The Kier molecular flexibility index (Phi) is 7.12. The summed E-state index contributed by atoms with van der Waals surface area (Å²) in [6, 6.07) is 9.45. The molecular formula is C16H25O2P. The third kappa shape index (κ3) is 4.63. The lowest BCUT2D eigenvalue weighted by Crippen LogP contribution is -2.09. The van der Waals surface area contributed by atoms with Gasteiger partial charge >= 0.3 is 0 Å². The molecule has 106 valence electrons. The van der Waals surface area contributed by atoms with Crippen molar-refractivity contribution in [2.24, 2.45) is 0 Å². The molecule has 0 heterocycles. The molecule has 0 amide bonds. The van der Waals surface area contributed by atoms with Gasteiger partial charge in [0.1, 0.15) is 0 Å². The van der Waals surface area contributed by atoms with E-state index in [2.05, 4.69) is 13.5 Å². The topological polar surface area (TPSA) is 26.3 Å². The zero-order chi connectivity index (χ0) is 14.1. The zero-order valence-electron chi connectivity index (χ0n) is 12.1. The van der Waals surface area contributed by atoms with Crippen LogP contribution in [0.15, 0.2) is 42.2 Å². The Morgan fingerprint density at radius 2 is 1.84 bits per heavy atom. The number of allylic oxidation sites excluding steroid dienone is 1. The molecule has 0 aliphatic heterocycles. The highest BCUT2D eigenvalue weighted by atomic mass is 31.2. The van der Waals surface area contributed by atoms with E-state index >= 15 is 0 Å². The van der Waals surface area contributed by atoms with E-state index in [1.807, 2.05) is 37.3 Å². The fourth-order valence-electron chi connectivity index (χ4n) is 2.06. The molecule has 2 nitrogen and oxygen atoms in total. The molecular weight excluding hydrogens is 255 g/mol. The second-order valence-corrected chi connectivity index (χ2v) is 7.19. The van der Waals surface area contributed by atoms with E-state index in [4.69, 9.17) is 4.52 Å². The molecule has 0 radical (unpaired) electrons. The standard InChI is InChI=1S/C16H25O2P/c1-4-6-7-9-12-15(3)19(17,18-5-2)16-13-10-8-11-14-16/h8,10-11,13-14H,3-7,9,12H2,1-2H3. The van der Waals surface area contributed by atoms with Crippen molar-refractivity contribution in [1.29, 1.82) is 0 Å². The second kappa shape index (κ2) is 8.35. The minimum absolute atomic E-state index is 0.445. The Hall–Kier alpha value is -0.850. The number of rotatable bonds is 9. The Labute approximate surface area is 117 Å². The Morgan fingerprint density at radius 3 is 2.42 bits per heavy atom. The first-order valence-corrected chi connectivity index (χ1v) is 8.76. The molecule has 1 rings (SSSR count). The largest absolute Gasteiger partial charge is 0.323 e. The van der Waals surface area contributed by atoms with E-state index in [0.29, 0.717) is 6.61 Å². The van der Waals surface area contributed by atoms with E-state index in [0.717, 1.165) is 29.9 Å². The van der Waals surface area contributed by atoms with Crippen LogP contribution in [0.25, 0.3) is 0 Å². The van der Waals surface area contributed by atoms with Crippen LogP contribution in [-0.4, -0.2) is 6.61 Å². The predicted octanol–water partition coefficient (Wildman–Crippen LogP) is 5.11. The number of hydrogen-bond donors (Lipinski definition) is 0. The molecule has 0 saturated heterocycles. The third-order valence-corrected chi connectivity index (χ3v) is 5.80. The van der Waals surface area contributed by atoms with E-state index in [9.17, 15) is 4.57 Å². The molecule has 0 saturated carbocycles. The SMILES string of the molecule is C=C(CCCCCC)P(=O)(OCC)c1ccccc1. The van der Waals surface area contributed by atoms with Crippen LogP contribution in [0.2, 0.25) is 0 Å². The van der Waals surface area contributed by atoms with Crippen LogP contribution in [0.1, 0.15) is 46.0 Å². The van der Waals surface area contributed by atoms with Crippen molar-refractivity contribution < 1.29 is 9.09 Å². The molecule has 1 aromatic rings. The summed E-state index contributed by atoms with van der Waals surface area (Å²) in [6.07, 6.45) is 5.41. The molecule has 0 aliphatic rings. The maximum atomic E-state index is 13.1. The Morgan fingerprint density at radius 1 is 1.16 bits per heavy atom. The van der Waals surface area contributed by atoms with Gasteiger partial charge in [0.05, 0.1) is 6.61 Å². The van der Waals surface area contributed by atoms with Gasteiger partial charge in [0.15, 0.2) is 0 Å². The van der Waals surface area contributed by atoms with Crippen molar-refractivity contribution in [3.63, 3.8) is 0 Å². The smallest absolute Gasteiger partial charge is 0.256 e. The van der Waals surface area contributed by atoms with Crippen molar-refractivity contribution in [3.8, 4) is 0 Å². The first-order chi connectivity index (χ1) is 9.15. The van der Waals surface area contributed by atoms with Crippen molar-refractivity contribution in [2.45, 2.75) is 46.0 Å². The van der Waals surface area contributed by atoms with Gasteiger partial charge in [0.25, 0.3) is 7.37 Å². The van der Waals surface area contributed by atoms with E-state index < -0.39 is 7.37 Å². The van der Waals surface area contributed by atoms with Gasteiger partial charge < -0.3 is 4.52 Å². The fraction of sp³-hybridized carbons (Fsp3) is 0.500. The summed E-state index contributed by atoms with van der Waals surface area (Å²) in [5.74, 6) is 0. The molecule has 0 fully saturated rings. The maximum absolute atomic E-state index is 13.1. The molecule has 0 N–H and O–H groups in total. The van der Waals surface area contributed by atoms with Gasteiger partial charge in [-0.25, -0.2) is 0 Å². The first kappa shape index (κ1) is 16.2. The number of unbranched alkanes of at least 4 members (excludes halogenated alkanes) is 3. The van der Waals surface area contributed by atoms with Gasteiger partial charge in [-0.15, -0.1) is 0 Å². The lowest BCUT2D eigenvalue weighted by Gasteiger charge is -2.20. The lowest BCUT2D eigenvalue weighted by molar-refractivity contribution is 0.344. The molecule has 0 aromatic heterocycles. The zero-order valence-corrected chi connectivity index (χ0v) is 13.0. The number of benzene rings is 1. The highest BCUT2D eigenvalue weighted by Gasteiger charge is 2.28. The summed E-state index contributed by atoms with van der Waals surface area (Å²) < 4.78 is 18.6. The Bertz CT molecular complexity index is 426. The van der Waals surface area contributed by atoms with Crippen LogP contribution in [0.5, 0.6) is 0 Å². The van der Waals surface area contributed by atoms with Gasteiger partial charge in [0.2, 0.25) is 0 Å². The first-order valence-electron chi connectivity index (χ1n) is 7.13. The highest BCUT2D eigenvalue weighted by Crippen LogP contribution is 2.54. The molecule has 0 bridgehead atoms. The minimum atomic E-state index is -2.91. The van der Waals surface area contributed by atoms with Gasteiger partial charge in [-0.3, -0.25) is 4.57 Å². The average molecular weight is 280 g/mol. The summed E-state index contributed by atoms with van der Waals surface area (Å²) in [4.78, 5) is 0. The van der Waals surface area contributed by atoms with Gasteiger partial charge in [-0.05, 0) is 31.9 Å². The molecule has 1 aromatic carbocycles. The molecule has 0 aliphatic carbocycles. The van der Waals surface area contributed by atoms with Crippen LogP contribution in [0.3, 0.4) is 0 Å². The molecule has 19 heavy (non-hydrogen) atoms. The number of hydrogen-bond acceptors (Lipinski definition) is 2. The normalized spacial score (nSPS) is 14.0. The summed E-state index contributed by atoms with van der Waals surface area (Å²) in [5.41, 5.74) is 0. The van der Waals surface area contributed by atoms with Gasteiger partial charge in [0, 0.05) is 10.6 Å². The van der Waals surface area contributed by atoms with Crippen LogP contribution in [0, 0.1) is 0 Å². The van der Waals surface area contributed by atoms with Crippen molar-refractivity contribution in [2.75, 3.05) is 6.61 Å². The lowest BCUT2D eigenvalue weighted by atomic mass is 10.1. The summed E-state index contributed by atoms with van der Waals surface area (Å²) in [6.45, 7) is 8.54. The van der Waals surface area contributed by atoms with Gasteiger partial charge in [-0.1, -0.05) is 51.0 Å². The fourth-order valence-corrected chi connectivity index (χ4v) is 4.13. The molecule has 0 spiro atoms. The molecule has 1 unspecified atom stereocenters. The van der Waals surface area contributed by atoms with Crippen molar-refractivity contribution in [3.05, 3.63) is 42.2 Å². The van der Waals surface area contributed by atoms with E-state index in [1.54, 1.807) is 0 Å². The maximum Gasteiger partial charge on any atom is 0.256 e. The second-order valence-electron chi connectivity index (χ2n) is 4.68. The van der Waals surface area contributed by atoms with Crippen LogP contribution < -0.4 is 5.30 Å². The quantitative estimate of drug-likeness (QED) is 0.464. The van der Waals surface area contributed by atoms with Crippen molar-refractivity contribution in [1.82, 2.24) is 0 Å². The summed E-state index contributed by atoms with van der Waals surface area (Å²) >= 11 is 0. The Balaban J connectivity index is 2.76. The monoisotopic (exact) mass is 280 g/mol.